The highest BCUT2D eigenvalue weighted by atomic mass is 35.5. The van der Waals surface area contributed by atoms with Crippen molar-refractivity contribution in [3.63, 3.8) is 0 Å². The van der Waals surface area contributed by atoms with E-state index in [1.54, 1.807) is 42.5 Å². The van der Waals surface area contributed by atoms with Gasteiger partial charge in [0.05, 0.1) is 15.5 Å². The molecule has 0 aliphatic rings. The molecule has 0 aliphatic heterocycles. The molecule has 0 radical (unpaired) electrons. The van der Waals surface area contributed by atoms with E-state index in [1.165, 1.54) is 24.3 Å². The van der Waals surface area contributed by atoms with Gasteiger partial charge >= 0.3 is 0 Å². The first-order valence-electron chi connectivity index (χ1n) is 9.73. The van der Waals surface area contributed by atoms with Crippen LogP contribution in [0.4, 0.5) is 4.39 Å². The lowest BCUT2D eigenvalue weighted by molar-refractivity contribution is 0.0950. The molecule has 0 unspecified atom stereocenters. The van der Waals surface area contributed by atoms with Gasteiger partial charge in [-0.1, -0.05) is 35.3 Å². The van der Waals surface area contributed by atoms with Crippen LogP contribution in [0.5, 0.6) is 0 Å². The third-order valence-electron chi connectivity index (χ3n) is 4.76. The van der Waals surface area contributed by atoms with E-state index in [-0.39, 0.29) is 16.4 Å². The fourth-order valence-electron chi connectivity index (χ4n) is 3.18. The minimum atomic E-state index is -3.85. The van der Waals surface area contributed by atoms with E-state index in [0.29, 0.717) is 31.7 Å². The zero-order valence-electron chi connectivity index (χ0n) is 17.3. The lowest BCUT2D eigenvalue weighted by Gasteiger charge is -2.04. The monoisotopic (exact) mass is 535 g/mol. The summed E-state index contributed by atoms with van der Waals surface area (Å²) >= 11 is 13.2. The molecule has 3 N–H and O–H groups in total. The van der Waals surface area contributed by atoms with E-state index in [4.69, 9.17) is 28.3 Å². The number of carbonyl (C=O) groups excluding carboxylic acids is 1. The maximum Gasteiger partial charge on any atom is 0.280 e. The fraction of sp³-hybridized carbons (Fsp3) is 0.0435. The lowest BCUT2D eigenvalue weighted by Crippen LogP contribution is -2.22. The van der Waals surface area contributed by atoms with Crippen LogP contribution in [0.25, 0.3) is 21.7 Å². The first-order valence-corrected chi connectivity index (χ1v) is 12.9. The average molecular weight is 536 g/mol. The number of hydrogen-bond donors (Lipinski definition) is 2. The summed E-state index contributed by atoms with van der Waals surface area (Å²) in [5, 5.41) is 9.05. The number of amides is 1. The topological polar surface area (TPSA) is 102 Å². The van der Waals surface area contributed by atoms with Crippen molar-refractivity contribution in [3.8, 4) is 21.7 Å². The van der Waals surface area contributed by atoms with Gasteiger partial charge in [-0.05, 0) is 65.7 Å². The average Bonchev–Trinajstić information content (AvgIpc) is 3.22. The second-order valence-corrected chi connectivity index (χ2v) is 10.7. The summed E-state index contributed by atoms with van der Waals surface area (Å²) in [6, 6.07) is 16.6. The molecule has 0 fully saturated rings. The Morgan fingerprint density at radius 1 is 0.971 bits per heavy atom. The zero-order chi connectivity index (χ0) is 24.5. The third kappa shape index (κ3) is 5.63. The first kappa shape index (κ1) is 24.3. The van der Waals surface area contributed by atoms with Gasteiger partial charge in [0.15, 0.2) is 5.01 Å². The molecule has 0 spiro atoms. The molecule has 1 amide bonds. The molecule has 11 heteroatoms. The van der Waals surface area contributed by atoms with E-state index in [0.717, 1.165) is 16.9 Å². The van der Waals surface area contributed by atoms with Crippen LogP contribution < -0.4 is 10.5 Å². The Kier molecular flexibility index (Phi) is 7.01. The van der Waals surface area contributed by atoms with Crippen LogP contribution in [0.3, 0.4) is 0 Å². The molecular weight excluding hydrogens is 520 g/mol. The van der Waals surface area contributed by atoms with Crippen molar-refractivity contribution < 1.29 is 17.6 Å². The number of sulfonamides is 1. The molecule has 0 atom stereocenters. The van der Waals surface area contributed by atoms with E-state index in [9.17, 15) is 17.6 Å². The zero-order valence-corrected chi connectivity index (χ0v) is 20.4. The highest BCUT2D eigenvalue weighted by molar-refractivity contribution is 7.89. The Morgan fingerprint density at radius 3 is 2.15 bits per heavy atom. The van der Waals surface area contributed by atoms with E-state index < -0.39 is 21.7 Å². The number of rotatable bonds is 6. The second-order valence-electron chi connectivity index (χ2n) is 7.23. The molecule has 6 nitrogen and oxygen atoms in total. The van der Waals surface area contributed by atoms with Crippen LogP contribution in [0.1, 0.15) is 15.4 Å². The van der Waals surface area contributed by atoms with Gasteiger partial charge in [-0.3, -0.25) is 4.79 Å². The Bertz CT molecular complexity index is 1450. The van der Waals surface area contributed by atoms with Gasteiger partial charge in [-0.25, -0.2) is 22.9 Å². The minimum absolute atomic E-state index is 0.0396. The smallest absolute Gasteiger partial charge is 0.280 e. The summed E-state index contributed by atoms with van der Waals surface area (Å²) in [6.45, 7) is 0.183. The Hall–Kier alpha value is -2.82. The van der Waals surface area contributed by atoms with Crippen molar-refractivity contribution in [3.05, 3.63) is 93.2 Å². The molecule has 0 bridgehead atoms. The molecule has 4 aromatic rings. The summed E-state index contributed by atoms with van der Waals surface area (Å²) in [6.07, 6.45) is 0. The normalized spacial score (nSPS) is 11.4. The molecule has 34 heavy (non-hydrogen) atoms. The second kappa shape index (κ2) is 9.81. The van der Waals surface area contributed by atoms with Crippen LogP contribution in [-0.4, -0.2) is 19.3 Å². The Labute approximate surface area is 209 Å². The number of nitrogens with two attached hydrogens (primary N) is 1. The first-order chi connectivity index (χ1) is 16.1. The van der Waals surface area contributed by atoms with E-state index in [1.807, 2.05) is 0 Å². The Balaban J connectivity index is 1.68. The summed E-state index contributed by atoms with van der Waals surface area (Å²) in [5.41, 5.74) is 2.41. The summed E-state index contributed by atoms with van der Waals surface area (Å²) in [4.78, 5) is 17.9. The van der Waals surface area contributed by atoms with Gasteiger partial charge in [0.25, 0.3) is 5.91 Å². The predicted molar refractivity (Wildman–Crippen MR) is 132 cm³/mol. The van der Waals surface area contributed by atoms with Gasteiger partial charge in [0.2, 0.25) is 10.0 Å². The van der Waals surface area contributed by atoms with Crippen LogP contribution in [0.2, 0.25) is 10.0 Å². The van der Waals surface area contributed by atoms with Crippen molar-refractivity contribution in [1.29, 1.82) is 0 Å². The lowest BCUT2D eigenvalue weighted by atomic mass is 10.1. The van der Waals surface area contributed by atoms with Crippen molar-refractivity contribution in [2.45, 2.75) is 11.4 Å². The maximum atomic E-state index is 13.5. The van der Waals surface area contributed by atoms with Crippen LogP contribution in [0.15, 0.2) is 71.6 Å². The van der Waals surface area contributed by atoms with Crippen molar-refractivity contribution >= 4 is 50.5 Å². The summed E-state index contributed by atoms with van der Waals surface area (Å²) in [7, 11) is -3.85. The van der Waals surface area contributed by atoms with E-state index in [2.05, 4.69) is 10.3 Å². The molecule has 1 heterocycles. The van der Waals surface area contributed by atoms with Crippen molar-refractivity contribution in [1.82, 2.24) is 10.3 Å². The standard InChI is InChI=1S/C23H16Cl2FN3O3S2/c24-16-9-13(10-17(25)11-16)12-28-22(30)23-29-20(14-1-5-18(26)6-2-14)21(33-23)15-3-7-19(8-4-15)34(27,31)32/h1-11H,12H2,(H,28,30)(H2,27,31,32). The maximum absolute atomic E-state index is 13.5. The number of benzene rings is 3. The quantitative estimate of drug-likeness (QED) is 0.340. The van der Waals surface area contributed by atoms with Crippen molar-refractivity contribution in [2.75, 3.05) is 0 Å². The summed E-state index contributed by atoms with van der Waals surface area (Å²) in [5.74, 6) is -0.826. The van der Waals surface area contributed by atoms with Crippen LogP contribution >= 0.6 is 34.5 Å². The molecule has 0 saturated carbocycles. The highest BCUT2D eigenvalue weighted by Gasteiger charge is 2.20. The molecule has 174 valence electrons. The van der Waals surface area contributed by atoms with Gasteiger partial charge in [0.1, 0.15) is 5.82 Å². The molecular formula is C23H16Cl2FN3O3S2. The van der Waals surface area contributed by atoms with Gasteiger partial charge in [-0.2, -0.15) is 0 Å². The molecule has 0 aliphatic carbocycles. The SMILES string of the molecule is NS(=O)(=O)c1ccc(-c2sc(C(=O)NCc3cc(Cl)cc(Cl)c3)nc2-c2ccc(F)cc2)cc1. The number of hydrogen-bond acceptors (Lipinski definition) is 5. The third-order valence-corrected chi connectivity index (χ3v) is 7.23. The van der Waals surface area contributed by atoms with Crippen LogP contribution in [0, 0.1) is 5.82 Å². The number of aromatic nitrogens is 1. The Morgan fingerprint density at radius 2 is 1.56 bits per heavy atom. The minimum Gasteiger partial charge on any atom is -0.346 e. The van der Waals surface area contributed by atoms with Gasteiger partial charge in [-0.15, -0.1) is 11.3 Å². The number of nitrogens with zero attached hydrogens (tertiary/aromatic N) is 1. The van der Waals surface area contributed by atoms with Crippen LogP contribution in [-0.2, 0) is 16.6 Å². The molecule has 3 aromatic carbocycles. The van der Waals surface area contributed by atoms with Crippen molar-refractivity contribution in [2.24, 2.45) is 5.14 Å². The van der Waals surface area contributed by atoms with E-state index >= 15 is 0 Å². The number of carbonyl (C=O) groups is 1. The number of halogens is 3. The highest BCUT2D eigenvalue weighted by Crippen LogP contribution is 2.37. The molecule has 0 saturated heterocycles. The largest absolute Gasteiger partial charge is 0.346 e. The fourth-order valence-corrected chi connectivity index (χ4v) is 5.28. The van der Waals surface area contributed by atoms with Gasteiger partial charge in [0, 0.05) is 22.2 Å². The molecule has 1 aromatic heterocycles. The molecule has 4 rings (SSSR count). The number of thiazole rings is 1. The summed E-state index contributed by atoms with van der Waals surface area (Å²) < 4.78 is 36.6. The number of nitrogens with one attached hydrogen (secondary N) is 1. The van der Waals surface area contributed by atoms with Gasteiger partial charge < -0.3 is 5.32 Å². The number of primary sulfonamides is 1. The predicted octanol–water partition coefficient (Wildman–Crippen LogP) is 5.50.